The Bertz CT molecular complexity index is 1080. The van der Waals surface area contributed by atoms with Gasteiger partial charge in [-0.1, -0.05) is 18.2 Å². The lowest BCUT2D eigenvalue weighted by Gasteiger charge is -2.09. The topological polar surface area (TPSA) is 120 Å². The minimum Gasteiger partial charge on any atom is -0.493 e. The van der Waals surface area contributed by atoms with E-state index in [1.165, 1.54) is 20.3 Å². The van der Waals surface area contributed by atoms with Crippen molar-refractivity contribution in [3.8, 4) is 11.5 Å². The van der Waals surface area contributed by atoms with Gasteiger partial charge in [-0.15, -0.1) is 0 Å². The number of benzene rings is 2. The minimum absolute atomic E-state index is 0.0589. The van der Waals surface area contributed by atoms with E-state index in [0.29, 0.717) is 22.4 Å². The fourth-order valence-corrected chi connectivity index (χ4v) is 2.81. The van der Waals surface area contributed by atoms with Gasteiger partial charge in [0.15, 0.2) is 29.6 Å². The van der Waals surface area contributed by atoms with Crippen LogP contribution in [-0.2, 0) is 9.53 Å². The maximum absolute atomic E-state index is 12.2. The molecule has 0 spiro atoms. The maximum atomic E-state index is 12.2. The van der Waals surface area contributed by atoms with Crippen molar-refractivity contribution in [2.24, 2.45) is 0 Å². The lowest BCUT2D eigenvalue weighted by molar-refractivity contribution is -0.142. The van der Waals surface area contributed by atoms with Crippen LogP contribution in [0.5, 0.6) is 11.5 Å². The summed E-state index contributed by atoms with van der Waals surface area (Å²) in [5, 5.41) is 10.1. The van der Waals surface area contributed by atoms with Gasteiger partial charge < -0.3 is 19.5 Å². The van der Waals surface area contributed by atoms with Crippen molar-refractivity contribution in [1.82, 2.24) is 15.5 Å². The van der Waals surface area contributed by atoms with Crippen molar-refractivity contribution in [2.45, 2.75) is 6.42 Å². The van der Waals surface area contributed by atoms with Crippen molar-refractivity contribution in [1.29, 1.82) is 0 Å². The highest BCUT2D eigenvalue weighted by Crippen LogP contribution is 2.27. The van der Waals surface area contributed by atoms with Gasteiger partial charge in [0.25, 0.3) is 5.91 Å². The van der Waals surface area contributed by atoms with Gasteiger partial charge in [0, 0.05) is 17.5 Å². The molecule has 0 atom stereocenters. The number of esters is 1. The SMILES string of the molecule is COc1ccc(C(=O)COC(=O)CCNC(=O)c2n[nH]c3ccccc23)cc1OC. The predicted molar refractivity (Wildman–Crippen MR) is 108 cm³/mol. The van der Waals surface area contributed by atoms with Crippen LogP contribution in [0.3, 0.4) is 0 Å². The molecule has 0 saturated carbocycles. The Labute approximate surface area is 172 Å². The molecule has 156 valence electrons. The van der Waals surface area contributed by atoms with Gasteiger partial charge >= 0.3 is 5.97 Å². The van der Waals surface area contributed by atoms with Crippen LogP contribution in [0.15, 0.2) is 42.5 Å². The van der Waals surface area contributed by atoms with E-state index < -0.39 is 18.5 Å². The Balaban J connectivity index is 1.46. The first kappa shape index (κ1) is 20.8. The molecule has 0 fully saturated rings. The lowest BCUT2D eigenvalue weighted by Crippen LogP contribution is -2.27. The smallest absolute Gasteiger partial charge is 0.308 e. The van der Waals surface area contributed by atoms with Crippen LogP contribution in [-0.4, -0.2) is 55.2 Å². The molecule has 1 aromatic heterocycles. The van der Waals surface area contributed by atoms with E-state index >= 15 is 0 Å². The van der Waals surface area contributed by atoms with Crippen molar-refractivity contribution in [3.63, 3.8) is 0 Å². The van der Waals surface area contributed by atoms with Gasteiger partial charge in [-0.2, -0.15) is 5.10 Å². The van der Waals surface area contributed by atoms with E-state index in [0.717, 1.165) is 5.52 Å². The Hall–Kier alpha value is -3.88. The third-order valence-corrected chi connectivity index (χ3v) is 4.37. The van der Waals surface area contributed by atoms with Gasteiger partial charge in [-0.3, -0.25) is 19.5 Å². The zero-order valence-corrected chi connectivity index (χ0v) is 16.6. The Kier molecular flexibility index (Phi) is 6.63. The van der Waals surface area contributed by atoms with Crippen LogP contribution in [0.25, 0.3) is 10.9 Å². The van der Waals surface area contributed by atoms with Crippen molar-refractivity contribution in [3.05, 3.63) is 53.7 Å². The predicted octanol–water partition coefficient (Wildman–Crippen LogP) is 2.13. The van der Waals surface area contributed by atoms with E-state index in [4.69, 9.17) is 14.2 Å². The number of methoxy groups -OCH3 is 2. The van der Waals surface area contributed by atoms with E-state index in [1.54, 1.807) is 24.3 Å². The highest BCUT2D eigenvalue weighted by atomic mass is 16.5. The number of Topliss-reactive ketones (excluding diaryl/α,β-unsaturated/α-hetero) is 1. The van der Waals surface area contributed by atoms with Crippen LogP contribution in [0.1, 0.15) is 27.3 Å². The van der Waals surface area contributed by atoms with Crippen LogP contribution in [0.2, 0.25) is 0 Å². The number of hydrogen-bond acceptors (Lipinski definition) is 7. The van der Waals surface area contributed by atoms with E-state index in [1.807, 2.05) is 12.1 Å². The Morgan fingerprint density at radius 3 is 2.57 bits per heavy atom. The molecular formula is C21H21N3O6. The third kappa shape index (κ3) is 4.75. The second kappa shape index (κ2) is 9.55. The van der Waals surface area contributed by atoms with Crippen molar-refractivity contribution < 1.29 is 28.6 Å². The summed E-state index contributed by atoms with van der Waals surface area (Å²) in [4.78, 5) is 36.4. The minimum atomic E-state index is -0.601. The summed E-state index contributed by atoms with van der Waals surface area (Å²) >= 11 is 0. The van der Waals surface area contributed by atoms with Gasteiger partial charge in [0.2, 0.25) is 0 Å². The number of H-pyrrole nitrogens is 1. The first-order chi connectivity index (χ1) is 14.5. The molecule has 3 rings (SSSR count). The van der Waals surface area contributed by atoms with Crippen molar-refractivity contribution in [2.75, 3.05) is 27.4 Å². The first-order valence-corrected chi connectivity index (χ1v) is 9.15. The van der Waals surface area contributed by atoms with Crippen molar-refractivity contribution >= 4 is 28.6 Å². The lowest BCUT2D eigenvalue weighted by atomic mass is 10.1. The van der Waals surface area contributed by atoms with E-state index in [2.05, 4.69) is 15.5 Å². The number of aromatic amines is 1. The maximum Gasteiger partial charge on any atom is 0.308 e. The molecule has 9 nitrogen and oxygen atoms in total. The van der Waals surface area contributed by atoms with Crippen LogP contribution in [0, 0.1) is 0 Å². The highest BCUT2D eigenvalue weighted by molar-refractivity contribution is 6.04. The summed E-state index contributed by atoms with van der Waals surface area (Å²) in [6.45, 7) is -0.352. The molecule has 0 bridgehead atoms. The number of nitrogens with one attached hydrogen (secondary N) is 2. The Morgan fingerprint density at radius 2 is 1.80 bits per heavy atom. The number of ether oxygens (including phenoxy) is 3. The average molecular weight is 411 g/mol. The summed E-state index contributed by atoms with van der Waals surface area (Å²) < 4.78 is 15.3. The number of amides is 1. The second-order valence-electron chi connectivity index (χ2n) is 6.28. The molecule has 0 aliphatic heterocycles. The van der Waals surface area contributed by atoms with Gasteiger partial charge in [0.05, 0.1) is 26.2 Å². The zero-order chi connectivity index (χ0) is 21.5. The largest absolute Gasteiger partial charge is 0.493 e. The van der Waals surface area contributed by atoms with E-state index in [-0.39, 0.29) is 24.4 Å². The molecule has 0 aliphatic carbocycles. The zero-order valence-electron chi connectivity index (χ0n) is 16.6. The van der Waals surface area contributed by atoms with Gasteiger partial charge in [-0.05, 0) is 24.3 Å². The quantitative estimate of drug-likeness (QED) is 0.409. The molecule has 30 heavy (non-hydrogen) atoms. The summed E-state index contributed by atoms with van der Waals surface area (Å²) in [5.74, 6) is -0.483. The molecule has 0 saturated heterocycles. The monoisotopic (exact) mass is 411 g/mol. The number of carbonyl (C=O) groups is 3. The normalized spacial score (nSPS) is 10.5. The molecule has 0 aliphatic rings. The number of nitrogens with zero attached hydrogens (tertiary/aromatic N) is 1. The summed E-state index contributed by atoms with van der Waals surface area (Å²) in [5.41, 5.74) is 1.33. The number of hydrogen-bond donors (Lipinski definition) is 2. The third-order valence-electron chi connectivity index (χ3n) is 4.37. The fraction of sp³-hybridized carbons (Fsp3) is 0.238. The number of ketones is 1. The Morgan fingerprint density at radius 1 is 1.03 bits per heavy atom. The summed E-state index contributed by atoms with van der Waals surface area (Å²) in [6.07, 6.45) is -0.0761. The van der Waals surface area contributed by atoms with Crippen LogP contribution >= 0.6 is 0 Å². The van der Waals surface area contributed by atoms with E-state index in [9.17, 15) is 14.4 Å². The van der Waals surface area contributed by atoms with Crippen LogP contribution in [0.4, 0.5) is 0 Å². The van der Waals surface area contributed by atoms with Gasteiger partial charge in [0.1, 0.15) is 0 Å². The fourth-order valence-electron chi connectivity index (χ4n) is 2.81. The molecule has 2 N–H and O–H groups in total. The number of aromatic nitrogens is 2. The average Bonchev–Trinajstić information content (AvgIpc) is 3.21. The molecule has 3 aromatic rings. The highest BCUT2D eigenvalue weighted by Gasteiger charge is 2.15. The molecule has 2 aromatic carbocycles. The second-order valence-corrected chi connectivity index (χ2v) is 6.28. The number of carbonyl (C=O) groups excluding carboxylic acids is 3. The summed E-state index contributed by atoms with van der Waals surface area (Å²) in [6, 6.07) is 11.9. The molecule has 1 amide bonds. The molecule has 9 heteroatoms. The van der Waals surface area contributed by atoms with Gasteiger partial charge in [-0.25, -0.2) is 0 Å². The van der Waals surface area contributed by atoms with Crippen LogP contribution < -0.4 is 14.8 Å². The molecule has 1 heterocycles. The number of fused-ring (bicyclic) bond motifs is 1. The number of rotatable bonds is 9. The molecular weight excluding hydrogens is 390 g/mol. The molecule has 0 radical (unpaired) electrons. The molecule has 0 unspecified atom stereocenters. The number of para-hydroxylation sites is 1. The standard InChI is InChI=1S/C21H21N3O6/c1-28-17-8-7-13(11-18(17)29-2)16(25)12-30-19(26)9-10-22-21(27)20-14-5-3-4-6-15(14)23-24-20/h3-8,11H,9-10,12H2,1-2H3,(H,22,27)(H,23,24). The first-order valence-electron chi connectivity index (χ1n) is 9.15. The summed E-state index contributed by atoms with van der Waals surface area (Å²) in [7, 11) is 2.96.